The molecule has 0 saturated heterocycles. The maximum Gasteiger partial charge on any atom is 0.162 e. The lowest BCUT2D eigenvalue weighted by atomic mass is 10.2. The number of hydrogen-bond acceptors (Lipinski definition) is 2. The molecule has 2 rings (SSSR count). The average Bonchev–Trinajstić information content (AvgIpc) is 2.34. The first-order valence-corrected chi connectivity index (χ1v) is 6.12. The molecule has 0 aliphatic carbocycles. The van der Waals surface area contributed by atoms with Gasteiger partial charge < -0.3 is 4.74 Å². The van der Waals surface area contributed by atoms with Crippen molar-refractivity contribution in [1.29, 1.82) is 0 Å². The predicted molar refractivity (Wildman–Crippen MR) is 69.7 cm³/mol. The van der Waals surface area contributed by atoms with Gasteiger partial charge in [-0.2, -0.15) is 0 Å². The van der Waals surface area contributed by atoms with Crippen molar-refractivity contribution in [3.63, 3.8) is 0 Å². The smallest absolute Gasteiger partial charge is 0.162 e. The van der Waals surface area contributed by atoms with E-state index < -0.39 is 11.6 Å². The third-order valence-electron chi connectivity index (χ3n) is 2.49. The number of rotatable bonds is 3. The highest BCUT2D eigenvalue weighted by atomic mass is 35.5. The highest BCUT2D eigenvalue weighted by Crippen LogP contribution is 2.24. The third-order valence-corrected chi connectivity index (χ3v) is 3.03. The van der Waals surface area contributed by atoms with E-state index in [1.165, 1.54) is 0 Å². The molecule has 0 N–H and O–H groups in total. The Balaban J connectivity index is 2.16. The van der Waals surface area contributed by atoms with E-state index in [-0.39, 0.29) is 22.7 Å². The molecule has 0 bridgehead atoms. The summed E-state index contributed by atoms with van der Waals surface area (Å²) >= 11 is 11.6. The van der Waals surface area contributed by atoms with Gasteiger partial charge in [0.25, 0.3) is 0 Å². The van der Waals surface area contributed by atoms with E-state index in [0.29, 0.717) is 11.1 Å². The van der Waals surface area contributed by atoms with E-state index in [1.54, 1.807) is 19.1 Å². The molecule has 2 nitrogen and oxygen atoms in total. The molecule has 0 spiro atoms. The second-order valence-corrected chi connectivity index (χ2v) is 4.65. The molecule has 1 heterocycles. The van der Waals surface area contributed by atoms with Crippen LogP contribution >= 0.6 is 23.2 Å². The van der Waals surface area contributed by atoms with Crippen molar-refractivity contribution >= 4 is 23.2 Å². The maximum atomic E-state index is 13.1. The fraction of sp³-hybridized carbons (Fsp3) is 0.154. The first-order valence-electron chi connectivity index (χ1n) is 5.36. The van der Waals surface area contributed by atoms with Crippen LogP contribution in [0, 0.1) is 18.6 Å². The van der Waals surface area contributed by atoms with Crippen LogP contribution < -0.4 is 4.74 Å². The van der Waals surface area contributed by atoms with Gasteiger partial charge in [-0.1, -0.05) is 23.2 Å². The van der Waals surface area contributed by atoms with E-state index in [2.05, 4.69) is 4.98 Å². The molecule has 0 aliphatic rings. The van der Waals surface area contributed by atoms with E-state index in [9.17, 15) is 8.78 Å². The largest absolute Gasteiger partial charge is 0.488 e. The lowest BCUT2D eigenvalue weighted by Crippen LogP contribution is -2.00. The molecule has 100 valence electrons. The topological polar surface area (TPSA) is 22.1 Å². The predicted octanol–water partition coefficient (Wildman–Crippen LogP) is 4.55. The zero-order valence-electron chi connectivity index (χ0n) is 9.88. The van der Waals surface area contributed by atoms with E-state index in [0.717, 1.165) is 12.1 Å². The summed E-state index contributed by atoms with van der Waals surface area (Å²) in [5.41, 5.74) is 1.10. The maximum absolute atomic E-state index is 13.1. The standard InChI is InChI=1S/C13H9Cl2F2NO/c1-7-4-9(16)10(17)5-11(7)19-6-8-2-3-12(14)18-13(8)15/h2-5H,6H2,1H3. The molecular weight excluding hydrogens is 295 g/mol. The van der Waals surface area contributed by atoms with Gasteiger partial charge in [0.1, 0.15) is 22.7 Å². The first-order chi connectivity index (χ1) is 8.97. The number of nitrogens with zero attached hydrogens (tertiary/aromatic N) is 1. The zero-order chi connectivity index (χ0) is 14.0. The van der Waals surface area contributed by atoms with Crippen molar-refractivity contribution in [2.75, 3.05) is 0 Å². The third kappa shape index (κ3) is 3.33. The summed E-state index contributed by atoms with van der Waals surface area (Å²) in [7, 11) is 0. The van der Waals surface area contributed by atoms with Crippen molar-refractivity contribution in [3.05, 3.63) is 57.3 Å². The molecule has 0 atom stereocenters. The van der Waals surface area contributed by atoms with Gasteiger partial charge in [0.2, 0.25) is 0 Å². The van der Waals surface area contributed by atoms with Crippen LogP contribution in [0.4, 0.5) is 8.78 Å². The lowest BCUT2D eigenvalue weighted by Gasteiger charge is -2.10. The van der Waals surface area contributed by atoms with Crippen LogP contribution in [0.25, 0.3) is 0 Å². The fourth-order valence-electron chi connectivity index (χ4n) is 1.49. The van der Waals surface area contributed by atoms with Gasteiger partial charge in [-0.15, -0.1) is 0 Å². The van der Waals surface area contributed by atoms with Gasteiger partial charge in [-0.3, -0.25) is 0 Å². The summed E-state index contributed by atoms with van der Waals surface area (Å²) in [6.07, 6.45) is 0. The molecule has 0 aliphatic heterocycles. The van der Waals surface area contributed by atoms with Crippen molar-refractivity contribution < 1.29 is 13.5 Å². The van der Waals surface area contributed by atoms with Crippen LogP contribution in [0.5, 0.6) is 5.75 Å². The van der Waals surface area contributed by atoms with Gasteiger partial charge in [0.05, 0.1) is 0 Å². The normalized spacial score (nSPS) is 10.6. The van der Waals surface area contributed by atoms with E-state index in [1.807, 2.05) is 0 Å². The van der Waals surface area contributed by atoms with E-state index in [4.69, 9.17) is 27.9 Å². The number of pyridine rings is 1. The minimum atomic E-state index is -0.957. The Bertz CT molecular complexity index is 620. The number of hydrogen-bond donors (Lipinski definition) is 0. The molecule has 2 aromatic rings. The molecule has 6 heteroatoms. The van der Waals surface area contributed by atoms with Gasteiger partial charge in [-0.25, -0.2) is 13.8 Å². The van der Waals surface area contributed by atoms with Crippen molar-refractivity contribution in [3.8, 4) is 5.75 Å². The summed E-state index contributed by atoms with van der Waals surface area (Å²) < 4.78 is 31.5. The Kier molecular flexibility index (Phi) is 4.22. The summed E-state index contributed by atoms with van der Waals surface area (Å²) in [6.45, 7) is 1.72. The van der Waals surface area contributed by atoms with Crippen LogP contribution in [0.15, 0.2) is 24.3 Å². The SMILES string of the molecule is Cc1cc(F)c(F)cc1OCc1ccc(Cl)nc1Cl. The monoisotopic (exact) mass is 303 g/mol. The molecule has 1 aromatic carbocycles. The molecule has 19 heavy (non-hydrogen) atoms. The Morgan fingerprint density at radius 1 is 1.16 bits per heavy atom. The van der Waals surface area contributed by atoms with Gasteiger partial charge in [-0.05, 0) is 30.7 Å². The molecular formula is C13H9Cl2F2NO. The Hall–Kier alpha value is -1.39. The van der Waals surface area contributed by atoms with Crippen molar-refractivity contribution in [2.24, 2.45) is 0 Å². The lowest BCUT2D eigenvalue weighted by molar-refractivity contribution is 0.300. The van der Waals surface area contributed by atoms with Crippen LogP contribution in [-0.2, 0) is 6.61 Å². The Morgan fingerprint density at radius 2 is 1.84 bits per heavy atom. The zero-order valence-corrected chi connectivity index (χ0v) is 11.4. The minimum absolute atomic E-state index is 0.0922. The summed E-state index contributed by atoms with van der Waals surface area (Å²) in [6, 6.07) is 5.31. The first kappa shape index (κ1) is 14.0. The molecule has 0 fully saturated rings. The van der Waals surface area contributed by atoms with E-state index >= 15 is 0 Å². The molecule has 1 aromatic heterocycles. The molecule has 0 unspecified atom stereocenters. The molecule has 0 amide bonds. The highest BCUT2D eigenvalue weighted by molar-refractivity contribution is 6.32. The van der Waals surface area contributed by atoms with Gasteiger partial charge in [0, 0.05) is 11.6 Å². The second-order valence-electron chi connectivity index (χ2n) is 3.90. The van der Waals surface area contributed by atoms with Crippen LogP contribution in [-0.4, -0.2) is 4.98 Å². The quantitative estimate of drug-likeness (QED) is 0.776. The number of aromatic nitrogens is 1. The summed E-state index contributed by atoms with van der Waals surface area (Å²) in [4.78, 5) is 3.86. The molecule has 0 radical (unpaired) electrons. The number of halogens is 4. The Labute approximate surface area is 118 Å². The summed E-state index contributed by atoms with van der Waals surface area (Å²) in [5, 5.41) is 0.491. The Morgan fingerprint density at radius 3 is 2.53 bits per heavy atom. The van der Waals surface area contributed by atoms with Crippen molar-refractivity contribution in [1.82, 2.24) is 4.98 Å². The van der Waals surface area contributed by atoms with Crippen LogP contribution in [0.1, 0.15) is 11.1 Å². The van der Waals surface area contributed by atoms with Gasteiger partial charge >= 0.3 is 0 Å². The van der Waals surface area contributed by atoms with Crippen LogP contribution in [0.3, 0.4) is 0 Å². The number of ether oxygens (including phenoxy) is 1. The average molecular weight is 304 g/mol. The second kappa shape index (κ2) is 5.72. The minimum Gasteiger partial charge on any atom is -0.488 e. The van der Waals surface area contributed by atoms with Crippen LogP contribution in [0.2, 0.25) is 10.3 Å². The van der Waals surface area contributed by atoms with Gasteiger partial charge in [0.15, 0.2) is 11.6 Å². The number of benzene rings is 1. The number of aryl methyl sites for hydroxylation is 1. The molecule has 0 saturated carbocycles. The fourth-order valence-corrected chi connectivity index (χ4v) is 1.89. The highest BCUT2D eigenvalue weighted by Gasteiger charge is 2.09. The summed E-state index contributed by atoms with van der Waals surface area (Å²) in [5.74, 6) is -1.61. The van der Waals surface area contributed by atoms with Crippen molar-refractivity contribution in [2.45, 2.75) is 13.5 Å².